The third-order valence-electron chi connectivity index (χ3n) is 3.11. The van der Waals surface area contributed by atoms with Gasteiger partial charge in [-0.25, -0.2) is 0 Å². The normalized spacial score (nSPS) is 11.3. The Labute approximate surface area is 130 Å². The predicted octanol–water partition coefficient (Wildman–Crippen LogP) is 2.18. The van der Waals surface area contributed by atoms with Gasteiger partial charge in [-0.05, 0) is 39.0 Å². The highest BCUT2D eigenvalue weighted by molar-refractivity contribution is 5.91. The number of rotatable bonds is 5. The van der Waals surface area contributed by atoms with E-state index in [1.54, 1.807) is 6.07 Å². The van der Waals surface area contributed by atoms with Gasteiger partial charge in [0.25, 0.3) is 0 Å². The van der Waals surface area contributed by atoms with Crippen LogP contribution in [0.1, 0.15) is 26.3 Å². The van der Waals surface area contributed by atoms with Gasteiger partial charge in [0.05, 0.1) is 11.7 Å². The summed E-state index contributed by atoms with van der Waals surface area (Å²) < 4.78 is 1.93. The number of aliphatic hydroxyl groups excluding tert-OH is 1. The number of anilines is 2. The summed E-state index contributed by atoms with van der Waals surface area (Å²) in [7, 11) is 0. The lowest BCUT2D eigenvalue weighted by molar-refractivity contribution is -0.118. The lowest BCUT2D eigenvalue weighted by atomic mass is 10.1. The molecule has 1 heterocycles. The van der Waals surface area contributed by atoms with Crippen LogP contribution in [0.3, 0.4) is 0 Å². The fraction of sp³-hybridized carbons (Fsp3) is 0.375. The van der Waals surface area contributed by atoms with Gasteiger partial charge in [0.1, 0.15) is 6.61 Å². The molecule has 0 saturated heterocycles. The van der Waals surface area contributed by atoms with Gasteiger partial charge in [0.2, 0.25) is 5.91 Å². The number of amides is 1. The molecule has 1 aromatic heterocycles. The third-order valence-corrected chi connectivity index (χ3v) is 3.11. The fourth-order valence-corrected chi connectivity index (χ4v) is 1.93. The summed E-state index contributed by atoms with van der Waals surface area (Å²) in [4.78, 5) is 11.2. The smallest absolute Gasteiger partial charge is 0.250 e. The van der Waals surface area contributed by atoms with Crippen LogP contribution in [-0.4, -0.2) is 27.4 Å². The number of carbonyl (C=O) groups is 1. The van der Waals surface area contributed by atoms with E-state index in [0.717, 1.165) is 11.3 Å². The maximum absolute atomic E-state index is 11.2. The summed E-state index contributed by atoms with van der Waals surface area (Å²) >= 11 is 0. The molecule has 2 aromatic rings. The molecule has 0 fully saturated rings. The van der Waals surface area contributed by atoms with Crippen molar-refractivity contribution in [1.82, 2.24) is 9.78 Å². The minimum atomic E-state index is -0.524. The standard InChI is InChI=1S/C16H22N4O2/c1-16(2,3)20-10-12(9-18-20)8-17-13-5-4-6-14(7-13)19-15(22)11-21/h4-7,9-10,17,21H,8,11H2,1-3H3,(H,19,22). The van der Waals surface area contributed by atoms with Gasteiger partial charge in [-0.2, -0.15) is 5.10 Å². The van der Waals surface area contributed by atoms with Crippen LogP contribution >= 0.6 is 0 Å². The zero-order valence-electron chi connectivity index (χ0n) is 13.1. The van der Waals surface area contributed by atoms with E-state index in [0.29, 0.717) is 12.2 Å². The number of hydrogen-bond acceptors (Lipinski definition) is 4. The first-order valence-electron chi connectivity index (χ1n) is 7.17. The van der Waals surface area contributed by atoms with Crippen molar-refractivity contribution in [2.24, 2.45) is 0 Å². The molecule has 6 nitrogen and oxygen atoms in total. The van der Waals surface area contributed by atoms with E-state index in [4.69, 9.17) is 5.11 Å². The Morgan fingerprint density at radius 1 is 1.32 bits per heavy atom. The van der Waals surface area contributed by atoms with Crippen molar-refractivity contribution >= 4 is 17.3 Å². The van der Waals surface area contributed by atoms with Crippen molar-refractivity contribution in [1.29, 1.82) is 0 Å². The minimum Gasteiger partial charge on any atom is -0.387 e. The highest BCUT2D eigenvalue weighted by Gasteiger charge is 2.13. The van der Waals surface area contributed by atoms with Gasteiger partial charge in [-0.15, -0.1) is 0 Å². The molecule has 0 bridgehead atoms. The maximum Gasteiger partial charge on any atom is 0.250 e. The summed E-state index contributed by atoms with van der Waals surface area (Å²) in [6.07, 6.45) is 3.86. The molecule has 0 saturated carbocycles. The third kappa shape index (κ3) is 4.33. The van der Waals surface area contributed by atoms with Crippen LogP contribution in [0.4, 0.5) is 11.4 Å². The van der Waals surface area contributed by atoms with Crippen LogP contribution in [0.2, 0.25) is 0 Å². The average molecular weight is 302 g/mol. The van der Waals surface area contributed by atoms with E-state index in [1.807, 2.05) is 35.3 Å². The summed E-state index contributed by atoms with van der Waals surface area (Å²) in [6.45, 7) is 6.43. The number of nitrogens with zero attached hydrogens (tertiary/aromatic N) is 2. The molecule has 0 aliphatic carbocycles. The Kier molecular flexibility index (Phi) is 4.82. The quantitative estimate of drug-likeness (QED) is 0.791. The first kappa shape index (κ1) is 16.0. The predicted molar refractivity (Wildman–Crippen MR) is 86.7 cm³/mol. The zero-order valence-corrected chi connectivity index (χ0v) is 13.1. The summed E-state index contributed by atoms with van der Waals surface area (Å²) in [5.74, 6) is -0.427. The molecule has 118 valence electrons. The van der Waals surface area contributed by atoms with Crippen molar-refractivity contribution in [3.05, 3.63) is 42.2 Å². The summed E-state index contributed by atoms with van der Waals surface area (Å²) in [5.41, 5.74) is 2.58. The molecule has 22 heavy (non-hydrogen) atoms. The molecule has 1 aromatic carbocycles. The monoisotopic (exact) mass is 302 g/mol. The Hall–Kier alpha value is -2.34. The van der Waals surface area contributed by atoms with Gasteiger partial charge in [0, 0.05) is 29.7 Å². The van der Waals surface area contributed by atoms with Gasteiger partial charge in [0.15, 0.2) is 0 Å². The summed E-state index contributed by atoms with van der Waals surface area (Å²) in [6, 6.07) is 7.36. The molecule has 0 aliphatic heterocycles. The number of benzene rings is 1. The molecule has 0 spiro atoms. The largest absolute Gasteiger partial charge is 0.387 e. The number of aromatic nitrogens is 2. The molecule has 0 unspecified atom stereocenters. The van der Waals surface area contributed by atoms with Gasteiger partial charge >= 0.3 is 0 Å². The Balaban J connectivity index is 1.98. The average Bonchev–Trinajstić information content (AvgIpc) is 2.94. The van der Waals surface area contributed by atoms with Crippen molar-refractivity contribution in [3.63, 3.8) is 0 Å². The molecule has 6 heteroatoms. The molecular formula is C16H22N4O2. The summed E-state index contributed by atoms with van der Waals surface area (Å²) in [5, 5.41) is 19.0. The number of hydrogen-bond donors (Lipinski definition) is 3. The van der Waals surface area contributed by atoms with Crippen LogP contribution in [0, 0.1) is 0 Å². The van der Waals surface area contributed by atoms with Crippen molar-refractivity contribution in [3.8, 4) is 0 Å². The van der Waals surface area contributed by atoms with E-state index >= 15 is 0 Å². The van der Waals surface area contributed by atoms with Crippen LogP contribution < -0.4 is 10.6 Å². The van der Waals surface area contributed by atoms with Gasteiger partial charge in [-0.1, -0.05) is 6.07 Å². The topological polar surface area (TPSA) is 79.2 Å². The highest BCUT2D eigenvalue weighted by Crippen LogP contribution is 2.17. The van der Waals surface area contributed by atoms with Crippen LogP contribution in [0.15, 0.2) is 36.7 Å². The van der Waals surface area contributed by atoms with Crippen LogP contribution in [0.5, 0.6) is 0 Å². The van der Waals surface area contributed by atoms with E-state index in [2.05, 4.69) is 36.5 Å². The van der Waals surface area contributed by atoms with E-state index in [-0.39, 0.29) is 5.54 Å². The van der Waals surface area contributed by atoms with Crippen LogP contribution in [-0.2, 0) is 16.9 Å². The van der Waals surface area contributed by atoms with E-state index in [1.165, 1.54) is 0 Å². The van der Waals surface area contributed by atoms with Crippen molar-refractivity contribution < 1.29 is 9.90 Å². The lowest BCUT2D eigenvalue weighted by Crippen LogP contribution is -2.21. The number of carbonyl (C=O) groups excluding carboxylic acids is 1. The lowest BCUT2D eigenvalue weighted by Gasteiger charge is -2.18. The first-order valence-corrected chi connectivity index (χ1v) is 7.17. The molecular weight excluding hydrogens is 280 g/mol. The van der Waals surface area contributed by atoms with E-state index < -0.39 is 12.5 Å². The van der Waals surface area contributed by atoms with Crippen molar-refractivity contribution in [2.75, 3.05) is 17.2 Å². The SMILES string of the molecule is CC(C)(C)n1cc(CNc2cccc(NC(=O)CO)c2)cn1. The number of nitrogens with one attached hydrogen (secondary N) is 2. The van der Waals surface area contributed by atoms with E-state index in [9.17, 15) is 4.79 Å². The Morgan fingerprint density at radius 3 is 2.68 bits per heavy atom. The Morgan fingerprint density at radius 2 is 2.05 bits per heavy atom. The Bertz CT molecular complexity index is 644. The van der Waals surface area contributed by atoms with Gasteiger partial charge < -0.3 is 15.7 Å². The van der Waals surface area contributed by atoms with Gasteiger partial charge in [-0.3, -0.25) is 9.48 Å². The first-order chi connectivity index (χ1) is 10.4. The second-order valence-corrected chi connectivity index (χ2v) is 6.10. The second kappa shape index (κ2) is 6.62. The highest BCUT2D eigenvalue weighted by atomic mass is 16.3. The molecule has 0 aliphatic rings. The van der Waals surface area contributed by atoms with Crippen molar-refractivity contribution in [2.45, 2.75) is 32.9 Å². The maximum atomic E-state index is 11.2. The molecule has 2 rings (SSSR count). The fourth-order valence-electron chi connectivity index (χ4n) is 1.93. The minimum absolute atomic E-state index is 0.0350. The van der Waals surface area contributed by atoms with Crippen LogP contribution in [0.25, 0.3) is 0 Å². The number of aliphatic hydroxyl groups is 1. The second-order valence-electron chi connectivity index (χ2n) is 6.10. The molecule has 1 amide bonds. The zero-order chi connectivity index (χ0) is 16.2. The molecule has 0 radical (unpaired) electrons. The molecule has 3 N–H and O–H groups in total. The molecule has 0 atom stereocenters.